The molecule has 186 valence electrons. The van der Waals surface area contributed by atoms with E-state index < -0.39 is 0 Å². The number of hydrogen-bond donors (Lipinski definition) is 0. The molecule has 0 atom stereocenters. The lowest BCUT2D eigenvalue weighted by Crippen LogP contribution is -2.00. The van der Waals surface area contributed by atoms with Gasteiger partial charge in [-0.05, 0) is 36.4 Å². The summed E-state index contributed by atoms with van der Waals surface area (Å²) in [6.45, 7) is 0. The summed E-state index contributed by atoms with van der Waals surface area (Å²) in [5.74, 6) is 3.29. The van der Waals surface area contributed by atoms with Crippen LogP contribution in [0.2, 0.25) is 0 Å². The number of hydrogen-bond acceptors (Lipinski definition) is 9. The molecule has 9 heteroatoms. The maximum Gasteiger partial charge on any atom is 0.225 e. The monoisotopic (exact) mass is 510 g/mol. The fourth-order valence-corrected chi connectivity index (χ4v) is 4.15. The molecule has 0 spiro atoms. The number of nitrogens with zero attached hydrogens (tertiary/aromatic N) is 6. The minimum Gasteiger partial charge on any atom is -0.445 e. The predicted octanol–water partition coefficient (Wildman–Crippen LogP) is 6.84. The first-order chi connectivity index (χ1) is 19.3. The van der Waals surface area contributed by atoms with Crippen molar-refractivity contribution in [2.75, 3.05) is 0 Å². The Morgan fingerprint density at radius 1 is 0.333 bits per heavy atom. The zero-order chi connectivity index (χ0) is 26.0. The minimum absolute atomic E-state index is 0.544. The van der Waals surface area contributed by atoms with Gasteiger partial charge in [0.2, 0.25) is 17.7 Å². The highest BCUT2D eigenvalue weighted by molar-refractivity contribution is 5.70. The fraction of sp³-hybridized carbons (Fsp3) is 0. The third-order valence-corrected chi connectivity index (χ3v) is 6.10. The fourth-order valence-electron chi connectivity index (χ4n) is 4.15. The zero-order valence-electron chi connectivity index (χ0n) is 20.3. The van der Waals surface area contributed by atoms with Crippen LogP contribution < -0.4 is 0 Å². The number of rotatable bonds is 6. The summed E-state index contributed by atoms with van der Waals surface area (Å²) in [5.41, 5.74) is 5.10. The standard InChI is InChI=1S/C30H18N6O3/c1-7-22(28-31-13-16-37-28)8-2-19(1)25-34-26(20-3-9-23(10-4-20)29-32-14-17-38-29)36-27(35-25)21-5-11-24(12-6-21)30-33-15-18-39-30/h1-18H. The van der Waals surface area contributed by atoms with Crippen molar-refractivity contribution in [1.82, 2.24) is 29.9 Å². The van der Waals surface area contributed by atoms with Gasteiger partial charge in [-0.2, -0.15) is 0 Å². The summed E-state index contributed by atoms with van der Waals surface area (Å²) in [5, 5.41) is 0. The summed E-state index contributed by atoms with van der Waals surface area (Å²) < 4.78 is 16.3. The van der Waals surface area contributed by atoms with Gasteiger partial charge in [-0.1, -0.05) is 36.4 Å². The highest BCUT2D eigenvalue weighted by atomic mass is 16.3. The molecule has 3 aromatic carbocycles. The van der Waals surface area contributed by atoms with Gasteiger partial charge in [0.05, 0.1) is 18.6 Å². The Balaban J connectivity index is 1.30. The van der Waals surface area contributed by atoms with E-state index in [0.717, 1.165) is 33.4 Å². The summed E-state index contributed by atoms with van der Waals surface area (Å²) in [7, 11) is 0. The normalized spacial score (nSPS) is 11.1. The molecular weight excluding hydrogens is 492 g/mol. The van der Waals surface area contributed by atoms with Gasteiger partial charge in [-0.3, -0.25) is 0 Å². The van der Waals surface area contributed by atoms with Crippen molar-refractivity contribution < 1.29 is 13.3 Å². The Labute approximate surface area is 221 Å². The van der Waals surface area contributed by atoms with Crippen LogP contribution in [0.15, 0.2) is 123 Å². The van der Waals surface area contributed by atoms with E-state index in [4.69, 9.17) is 28.2 Å². The summed E-state index contributed by atoms with van der Waals surface area (Å²) in [4.78, 5) is 27.1. The van der Waals surface area contributed by atoms with Crippen LogP contribution in [0, 0.1) is 0 Å². The predicted molar refractivity (Wildman–Crippen MR) is 143 cm³/mol. The van der Waals surface area contributed by atoms with Gasteiger partial charge in [0.15, 0.2) is 17.5 Å². The minimum atomic E-state index is 0.544. The van der Waals surface area contributed by atoms with E-state index in [0.29, 0.717) is 35.1 Å². The Hall–Kier alpha value is -5.70. The van der Waals surface area contributed by atoms with Gasteiger partial charge >= 0.3 is 0 Å². The van der Waals surface area contributed by atoms with Crippen molar-refractivity contribution in [3.05, 3.63) is 110 Å². The third-order valence-electron chi connectivity index (χ3n) is 6.10. The van der Waals surface area contributed by atoms with E-state index in [2.05, 4.69) is 15.0 Å². The van der Waals surface area contributed by atoms with E-state index in [9.17, 15) is 0 Å². The maximum absolute atomic E-state index is 5.42. The first-order valence-corrected chi connectivity index (χ1v) is 12.1. The summed E-state index contributed by atoms with van der Waals surface area (Å²) in [6, 6.07) is 23.3. The molecule has 39 heavy (non-hydrogen) atoms. The van der Waals surface area contributed by atoms with Crippen molar-refractivity contribution in [3.8, 4) is 68.5 Å². The van der Waals surface area contributed by atoms with E-state index in [-0.39, 0.29) is 0 Å². The Bertz CT molecular complexity index is 1580. The van der Waals surface area contributed by atoms with Gasteiger partial charge in [-0.15, -0.1) is 0 Å². The molecule has 0 unspecified atom stereocenters. The lowest BCUT2D eigenvalue weighted by atomic mass is 10.1. The van der Waals surface area contributed by atoms with Crippen LogP contribution in [0.3, 0.4) is 0 Å². The van der Waals surface area contributed by atoms with Crippen LogP contribution in [-0.4, -0.2) is 29.9 Å². The number of oxazole rings is 3. The number of aromatic nitrogens is 6. The average molecular weight is 511 g/mol. The second-order valence-electron chi connectivity index (χ2n) is 8.55. The average Bonchev–Trinajstić information content (AvgIpc) is 3.82. The maximum atomic E-state index is 5.42. The second kappa shape index (κ2) is 9.64. The van der Waals surface area contributed by atoms with E-state index in [1.807, 2.05) is 72.8 Å². The smallest absolute Gasteiger partial charge is 0.225 e. The largest absolute Gasteiger partial charge is 0.445 e. The Morgan fingerprint density at radius 3 is 0.821 bits per heavy atom. The molecule has 4 heterocycles. The van der Waals surface area contributed by atoms with Crippen molar-refractivity contribution in [3.63, 3.8) is 0 Å². The zero-order valence-corrected chi connectivity index (χ0v) is 20.3. The molecule has 0 radical (unpaired) electrons. The Kier molecular flexibility index (Phi) is 5.56. The molecular formula is C30H18N6O3. The molecule has 0 aliphatic rings. The first-order valence-electron chi connectivity index (χ1n) is 12.1. The van der Waals surface area contributed by atoms with Crippen LogP contribution in [0.5, 0.6) is 0 Å². The molecule has 7 rings (SSSR count). The molecule has 0 aliphatic heterocycles. The number of benzene rings is 3. The third kappa shape index (κ3) is 4.49. The molecule has 0 N–H and O–H groups in total. The van der Waals surface area contributed by atoms with Crippen LogP contribution in [0.25, 0.3) is 68.5 Å². The van der Waals surface area contributed by atoms with Gasteiger partial charge in [0.25, 0.3) is 0 Å². The molecule has 0 aliphatic carbocycles. The highest BCUT2D eigenvalue weighted by Gasteiger charge is 2.14. The van der Waals surface area contributed by atoms with Gasteiger partial charge < -0.3 is 13.3 Å². The van der Waals surface area contributed by atoms with Gasteiger partial charge in [-0.25, -0.2) is 29.9 Å². The molecule has 0 saturated carbocycles. The summed E-state index contributed by atoms with van der Waals surface area (Å²) in [6.07, 6.45) is 9.51. The molecule has 9 nitrogen and oxygen atoms in total. The van der Waals surface area contributed by atoms with E-state index in [1.54, 1.807) is 37.4 Å². The molecule has 0 amide bonds. The van der Waals surface area contributed by atoms with Crippen LogP contribution in [0.4, 0.5) is 0 Å². The van der Waals surface area contributed by atoms with Crippen molar-refractivity contribution in [2.24, 2.45) is 0 Å². The topological polar surface area (TPSA) is 117 Å². The lowest BCUT2D eigenvalue weighted by Gasteiger charge is -2.09. The molecule has 0 fully saturated rings. The van der Waals surface area contributed by atoms with E-state index in [1.165, 1.54) is 0 Å². The van der Waals surface area contributed by atoms with Crippen LogP contribution >= 0.6 is 0 Å². The van der Waals surface area contributed by atoms with Gasteiger partial charge in [0, 0.05) is 33.4 Å². The highest BCUT2D eigenvalue weighted by Crippen LogP contribution is 2.29. The van der Waals surface area contributed by atoms with E-state index >= 15 is 0 Å². The van der Waals surface area contributed by atoms with Gasteiger partial charge in [0.1, 0.15) is 18.8 Å². The quantitative estimate of drug-likeness (QED) is 0.237. The molecule has 7 aromatic rings. The van der Waals surface area contributed by atoms with Crippen molar-refractivity contribution in [2.45, 2.75) is 0 Å². The summed E-state index contributed by atoms with van der Waals surface area (Å²) >= 11 is 0. The SMILES string of the molecule is c1coc(-c2ccc(-c3nc(-c4ccc(-c5ncco5)cc4)nc(-c4ccc(-c5ncco5)cc4)n3)cc2)n1. The van der Waals surface area contributed by atoms with Crippen LogP contribution in [0.1, 0.15) is 0 Å². The first kappa shape index (κ1) is 22.5. The molecule has 0 saturated heterocycles. The Morgan fingerprint density at radius 2 is 0.590 bits per heavy atom. The van der Waals surface area contributed by atoms with Crippen LogP contribution in [-0.2, 0) is 0 Å². The van der Waals surface area contributed by atoms with Crippen molar-refractivity contribution >= 4 is 0 Å². The van der Waals surface area contributed by atoms with Crippen molar-refractivity contribution in [1.29, 1.82) is 0 Å². The molecule has 0 bridgehead atoms. The molecule has 4 aromatic heterocycles. The lowest BCUT2D eigenvalue weighted by molar-refractivity contribution is 0.574. The second-order valence-corrected chi connectivity index (χ2v) is 8.55.